The van der Waals surface area contributed by atoms with Crippen LogP contribution in [0, 0.1) is 0 Å². The average molecular weight is 306 g/mol. The summed E-state index contributed by atoms with van der Waals surface area (Å²) in [5.74, 6) is 0.0997. The molecule has 0 aromatic carbocycles. The first-order valence-electron chi connectivity index (χ1n) is 8.42. The van der Waals surface area contributed by atoms with Crippen LogP contribution >= 0.6 is 0 Å². The molecule has 0 spiro atoms. The molecule has 0 radical (unpaired) electrons. The standard InChI is InChI=1S/C16H26N4O2/c1-2-15-14(10-17-18-15)16(22)19-8-5-12(6-9-19)20-7-3-4-13(21)11-20/h10,12-13,21H,2-9,11H2,1H3,(H,17,18). The molecule has 2 N–H and O–H groups in total. The number of hydrogen-bond donors (Lipinski definition) is 2. The van der Waals surface area contributed by atoms with E-state index in [0.717, 1.165) is 64.0 Å². The molecule has 2 aliphatic heterocycles. The summed E-state index contributed by atoms with van der Waals surface area (Å²) < 4.78 is 0. The second kappa shape index (κ2) is 6.79. The highest BCUT2D eigenvalue weighted by Crippen LogP contribution is 2.22. The Morgan fingerprint density at radius 3 is 2.82 bits per heavy atom. The fraction of sp³-hybridized carbons (Fsp3) is 0.750. The molecule has 0 aliphatic carbocycles. The summed E-state index contributed by atoms with van der Waals surface area (Å²) in [6.07, 6.45) is 6.27. The fourth-order valence-electron chi connectivity index (χ4n) is 3.69. The summed E-state index contributed by atoms with van der Waals surface area (Å²) in [7, 11) is 0. The number of carbonyl (C=O) groups is 1. The topological polar surface area (TPSA) is 72.5 Å². The third-order valence-electron chi connectivity index (χ3n) is 5.00. The van der Waals surface area contributed by atoms with Crippen molar-refractivity contribution >= 4 is 5.91 Å². The number of aryl methyl sites for hydroxylation is 1. The van der Waals surface area contributed by atoms with Crippen molar-refractivity contribution in [1.82, 2.24) is 20.0 Å². The third-order valence-corrected chi connectivity index (χ3v) is 5.00. The number of aromatic nitrogens is 2. The van der Waals surface area contributed by atoms with E-state index in [1.807, 2.05) is 11.8 Å². The molecule has 1 aromatic heterocycles. The molecule has 1 aromatic rings. The molecule has 0 bridgehead atoms. The largest absolute Gasteiger partial charge is 0.392 e. The Balaban J connectivity index is 1.56. The molecule has 6 heteroatoms. The van der Waals surface area contributed by atoms with Crippen LogP contribution in [0.15, 0.2) is 6.20 Å². The van der Waals surface area contributed by atoms with Crippen molar-refractivity contribution in [3.8, 4) is 0 Å². The molecule has 122 valence electrons. The number of amides is 1. The monoisotopic (exact) mass is 306 g/mol. The molecule has 1 amide bonds. The highest BCUT2D eigenvalue weighted by Gasteiger charge is 2.30. The number of H-pyrrole nitrogens is 1. The first-order chi connectivity index (χ1) is 10.7. The summed E-state index contributed by atoms with van der Waals surface area (Å²) >= 11 is 0. The van der Waals surface area contributed by atoms with Crippen LogP contribution in [0.1, 0.15) is 48.7 Å². The Hall–Kier alpha value is -1.40. The lowest BCUT2D eigenvalue weighted by atomic mass is 9.98. The van der Waals surface area contributed by atoms with E-state index < -0.39 is 0 Å². The number of nitrogens with zero attached hydrogens (tertiary/aromatic N) is 3. The maximum absolute atomic E-state index is 12.6. The Bertz CT molecular complexity index is 508. The second-order valence-corrected chi connectivity index (χ2v) is 6.43. The number of piperidine rings is 2. The van der Waals surface area contributed by atoms with Crippen LogP contribution < -0.4 is 0 Å². The molecule has 22 heavy (non-hydrogen) atoms. The summed E-state index contributed by atoms with van der Waals surface area (Å²) in [6, 6.07) is 0.508. The van der Waals surface area contributed by atoms with E-state index in [-0.39, 0.29) is 12.0 Å². The normalized spacial score (nSPS) is 24.6. The van der Waals surface area contributed by atoms with Crippen LogP contribution in [0.2, 0.25) is 0 Å². The van der Waals surface area contributed by atoms with Gasteiger partial charge in [-0.05, 0) is 38.6 Å². The predicted octanol–water partition coefficient (Wildman–Crippen LogP) is 1.03. The van der Waals surface area contributed by atoms with Gasteiger partial charge in [0, 0.05) is 31.4 Å². The van der Waals surface area contributed by atoms with E-state index in [9.17, 15) is 9.90 Å². The van der Waals surface area contributed by atoms with Gasteiger partial charge < -0.3 is 10.0 Å². The minimum absolute atomic E-state index is 0.0997. The van der Waals surface area contributed by atoms with Crippen LogP contribution in [0.25, 0.3) is 0 Å². The maximum atomic E-state index is 12.6. The van der Waals surface area contributed by atoms with Gasteiger partial charge >= 0.3 is 0 Å². The molecule has 3 rings (SSSR count). The molecule has 1 atom stereocenters. The van der Waals surface area contributed by atoms with Crippen molar-refractivity contribution in [3.63, 3.8) is 0 Å². The van der Waals surface area contributed by atoms with Crippen molar-refractivity contribution < 1.29 is 9.90 Å². The van der Waals surface area contributed by atoms with Gasteiger partial charge in [0.25, 0.3) is 5.91 Å². The quantitative estimate of drug-likeness (QED) is 0.875. The summed E-state index contributed by atoms with van der Waals surface area (Å²) in [5.41, 5.74) is 1.64. The molecular weight excluding hydrogens is 280 g/mol. The highest BCUT2D eigenvalue weighted by molar-refractivity contribution is 5.95. The Morgan fingerprint density at radius 2 is 2.14 bits per heavy atom. The molecule has 0 saturated carbocycles. The number of β-amino-alcohol motifs (C(OH)–C–C–N with tert-alkyl or cyclic N) is 1. The van der Waals surface area contributed by atoms with Gasteiger partial charge in [-0.1, -0.05) is 6.92 Å². The van der Waals surface area contributed by atoms with E-state index in [1.54, 1.807) is 6.20 Å². The minimum atomic E-state index is -0.175. The Morgan fingerprint density at radius 1 is 1.36 bits per heavy atom. The lowest BCUT2D eigenvalue weighted by Crippen LogP contribution is -2.50. The highest BCUT2D eigenvalue weighted by atomic mass is 16.3. The average Bonchev–Trinajstić information content (AvgIpc) is 3.03. The number of aliphatic hydroxyl groups is 1. The number of nitrogens with one attached hydrogen (secondary N) is 1. The minimum Gasteiger partial charge on any atom is -0.392 e. The summed E-state index contributed by atoms with van der Waals surface area (Å²) in [6.45, 7) is 5.49. The van der Waals surface area contributed by atoms with Gasteiger partial charge in [-0.2, -0.15) is 5.10 Å². The zero-order valence-corrected chi connectivity index (χ0v) is 13.3. The van der Waals surface area contributed by atoms with Crippen LogP contribution in [-0.4, -0.2) is 69.3 Å². The summed E-state index contributed by atoms with van der Waals surface area (Å²) in [5, 5.41) is 16.7. The predicted molar refractivity (Wildman–Crippen MR) is 83.7 cm³/mol. The van der Waals surface area contributed by atoms with Gasteiger partial charge in [0.1, 0.15) is 0 Å². The first kappa shape index (κ1) is 15.5. The number of aliphatic hydroxyl groups excluding tert-OH is 1. The smallest absolute Gasteiger partial charge is 0.257 e. The van der Waals surface area contributed by atoms with E-state index in [1.165, 1.54) is 0 Å². The van der Waals surface area contributed by atoms with Crippen LogP contribution in [0.5, 0.6) is 0 Å². The number of aromatic amines is 1. The zero-order chi connectivity index (χ0) is 15.5. The van der Waals surface area contributed by atoms with Crippen molar-refractivity contribution in [2.24, 2.45) is 0 Å². The van der Waals surface area contributed by atoms with E-state index in [0.29, 0.717) is 11.6 Å². The lowest BCUT2D eigenvalue weighted by Gasteiger charge is -2.41. The fourth-order valence-corrected chi connectivity index (χ4v) is 3.69. The maximum Gasteiger partial charge on any atom is 0.257 e. The van der Waals surface area contributed by atoms with Gasteiger partial charge in [0.05, 0.1) is 17.9 Å². The van der Waals surface area contributed by atoms with Crippen molar-refractivity contribution in [2.75, 3.05) is 26.2 Å². The molecule has 2 saturated heterocycles. The third kappa shape index (κ3) is 3.17. The lowest BCUT2D eigenvalue weighted by molar-refractivity contribution is 0.0240. The van der Waals surface area contributed by atoms with Crippen molar-refractivity contribution in [3.05, 3.63) is 17.5 Å². The molecule has 2 fully saturated rings. The van der Waals surface area contributed by atoms with Crippen LogP contribution in [0.4, 0.5) is 0 Å². The number of rotatable bonds is 3. The van der Waals surface area contributed by atoms with Gasteiger partial charge in [-0.3, -0.25) is 14.8 Å². The second-order valence-electron chi connectivity index (χ2n) is 6.43. The Kier molecular flexibility index (Phi) is 4.78. The van der Waals surface area contributed by atoms with Gasteiger partial charge in [-0.25, -0.2) is 0 Å². The molecule has 2 aliphatic rings. The summed E-state index contributed by atoms with van der Waals surface area (Å²) in [4.78, 5) is 16.9. The van der Waals surface area contributed by atoms with E-state index in [2.05, 4.69) is 15.1 Å². The first-order valence-corrected chi connectivity index (χ1v) is 8.42. The van der Waals surface area contributed by atoms with Crippen molar-refractivity contribution in [2.45, 2.75) is 51.2 Å². The number of carbonyl (C=O) groups excluding carboxylic acids is 1. The van der Waals surface area contributed by atoms with Gasteiger partial charge in [0.2, 0.25) is 0 Å². The van der Waals surface area contributed by atoms with E-state index >= 15 is 0 Å². The molecular formula is C16H26N4O2. The van der Waals surface area contributed by atoms with Crippen LogP contribution in [0.3, 0.4) is 0 Å². The molecule has 1 unspecified atom stereocenters. The Labute approximate surface area is 131 Å². The molecule has 3 heterocycles. The van der Waals surface area contributed by atoms with Crippen LogP contribution in [-0.2, 0) is 6.42 Å². The number of likely N-dealkylation sites (tertiary alicyclic amines) is 2. The number of hydrogen-bond acceptors (Lipinski definition) is 4. The van der Waals surface area contributed by atoms with Gasteiger partial charge in [-0.15, -0.1) is 0 Å². The van der Waals surface area contributed by atoms with E-state index in [4.69, 9.17) is 0 Å². The van der Waals surface area contributed by atoms with Gasteiger partial charge in [0.15, 0.2) is 0 Å². The zero-order valence-electron chi connectivity index (χ0n) is 13.3. The van der Waals surface area contributed by atoms with Crippen molar-refractivity contribution in [1.29, 1.82) is 0 Å². The molecule has 6 nitrogen and oxygen atoms in total. The SMILES string of the molecule is CCc1[nH]ncc1C(=O)N1CCC(N2CCCC(O)C2)CC1.